The molecule has 7 heteroatoms. The molecule has 0 aliphatic carbocycles. The molecule has 1 aromatic carbocycles. The van der Waals surface area contributed by atoms with E-state index in [1.165, 1.54) is 6.20 Å². The van der Waals surface area contributed by atoms with Crippen molar-refractivity contribution in [2.45, 2.75) is 18.9 Å². The highest BCUT2D eigenvalue weighted by molar-refractivity contribution is 6.35. The number of carbonyl (C=O) groups is 1. The maximum absolute atomic E-state index is 12.3. The standard InChI is InChI=1S/C15H16ClN3O3/c16-11-5-1-4-10-13(11)17-8-12(14(10)20)19-15(21)18-7-9-3-2-6-22-9/h1,4-5,8-9H,2-3,6-7H2,(H,17,20)(H2,18,19,21)/t9-/m0/s1. The van der Waals surface area contributed by atoms with Gasteiger partial charge in [-0.05, 0) is 25.0 Å². The van der Waals surface area contributed by atoms with Gasteiger partial charge in [-0.1, -0.05) is 17.7 Å². The van der Waals surface area contributed by atoms with Gasteiger partial charge in [-0.25, -0.2) is 4.79 Å². The normalized spacial score (nSPS) is 17.6. The third-order valence-corrected chi connectivity index (χ3v) is 3.94. The summed E-state index contributed by atoms with van der Waals surface area (Å²) in [6.07, 6.45) is 3.45. The predicted octanol–water partition coefficient (Wildman–Crippen LogP) is 2.48. The van der Waals surface area contributed by atoms with Crippen LogP contribution < -0.4 is 16.1 Å². The number of H-pyrrole nitrogens is 1. The van der Waals surface area contributed by atoms with Crippen molar-refractivity contribution in [3.05, 3.63) is 39.6 Å². The summed E-state index contributed by atoms with van der Waals surface area (Å²) in [5.41, 5.74) is 0.461. The van der Waals surface area contributed by atoms with Gasteiger partial charge in [-0.2, -0.15) is 0 Å². The fraction of sp³-hybridized carbons (Fsp3) is 0.333. The molecule has 0 bridgehead atoms. The van der Waals surface area contributed by atoms with E-state index < -0.39 is 6.03 Å². The lowest BCUT2D eigenvalue weighted by Gasteiger charge is -2.11. The molecule has 0 spiro atoms. The molecule has 3 rings (SSSR count). The first-order valence-electron chi connectivity index (χ1n) is 7.11. The Kier molecular flexibility index (Phi) is 4.31. The van der Waals surface area contributed by atoms with Crippen molar-refractivity contribution < 1.29 is 9.53 Å². The average Bonchev–Trinajstić information content (AvgIpc) is 3.02. The number of nitrogens with one attached hydrogen (secondary N) is 3. The van der Waals surface area contributed by atoms with E-state index in [1.807, 2.05) is 0 Å². The second-order valence-corrected chi connectivity index (χ2v) is 5.57. The van der Waals surface area contributed by atoms with E-state index >= 15 is 0 Å². The molecule has 0 radical (unpaired) electrons. The second kappa shape index (κ2) is 6.37. The van der Waals surface area contributed by atoms with Crippen LogP contribution in [0.2, 0.25) is 5.02 Å². The van der Waals surface area contributed by atoms with Gasteiger partial charge in [-0.3, -0.25) is 4.79 Å². The molecule has 2 aromatic rings. The largest absolute Gasteiger partial charge is 0.376 e. The molecule has 1 saturated heterocycles. The quantitative estimate of drug-likeness (QED) is 0.812. The van der Waals surface area contributed by atoms with Crippen molar-refractivity contribution >= 4 is 34.2 Å². The number of carbonyl (C=O) groups excluding carboxylic acids is 1. The minimum atomic E-state index is -0.428. The number of ether oxygens (including phenoxy) is 1. The maximum atomic E-state index is 12.3. The summed E-state index contributed by atoms with van der Waals surface area (Å²) in [4.78, 5) is 27.1. The fourth-order valence-corrected chi connectivity index (χ4v) is 2.72. The van der Waals surface area contributed by atoms with Crippen molar-refractivity contribution in [2.24, 2.45) is 0 Å². The maximum Gasteiger partial charge on any atom is 0.319 e. The molecule has 1 atom stereocenters. The van der Waals surface area contributed by atoms with Gasteiger partial charge in [0, 0.05) is 24.7 Å². The Balaban J connectivity index is 1.72. The summed E-state index contributed by atoms with van der Waals surface area (Å²) in [5.74, 6) is 0. The Morgan fingerprint density at radius 1 is 1.45 bits per heavy atom. The van der Waals surface area contributed by atoms with Crippen molar-refractivity contribution in [3.63, 3.8) is 0 Å². The Labute approximate surface area is 131 Å². The molecule has 22 heavy (non-hydrogen) atoms. The summed E-state index contributed by atoms with van der Waals surface area (Å²) in [6, 6.07) is 4.63. The zero-order valence-corrected chi connectivity index (χ0v) is 12.6. The van der Waals surface area contributed by atoms with Gasteiger partial charge in [0.2, 0.25) is 5.43 Å². The van der Waals surface area contributed by atoms with Gasteiger partial charge in [0.15, 0.2) is 0 Å². The van der Waals surface area contributed by atoms with Crippen LogP contribution in [0.1, 0.15) is 12.8 Å². The number of fused-ring (bicyclic) bond motifs is 1. The lowest BCUT2D eigenvalue weighted by Crippen LogP contribution is -2.36. The van der Waals surface area contributed by atoms with Crippen molar-refractivity contribution in [1.82, 2.24) is 10.3 Å². The van der Waals surface area contributed by atoms with Crippen LogP contribution in [0.5, 0.6) is 0 Å². The highest BCUT2D eigenvalue weighted by Gasteiger charge is 2.16. The minimum absolute atomic E-state index is 0.0550. The highest BCUT2D eigenvalue weighted by atomic mass is 35.5. The zero-order chi connectivity index (χ0) is 15.5. The summed E-state index contributed by atoms with van der Waals surface area (Å²) < 4.78 is 5.42. The van der Waals surface area contributed by atoms with Gasteiger partial charge in [-0.15, -0.1) is 0 Å². The topological polar surface area (TPSA) is 83.2 Å². The Bertz CT molecular complexity index is 753. The third-order valence-electron chi connectivity index (χ3n) is 3.63. The Morgan fingerprint density at radius 2 is 2.32 bits per heavy atom. The van der Waals surface area contributed by atoms with Crippen LogP contribution in [-0.2, 0) is 4.74 Å². The number of aromatic nitrogens is 1. The van der Waals surface area contributed by atoms with Gasteiger partial charge in [0.05, 0.1) is 16.6 Å². The molecule has 6 nitrogen and oxygen atoms in total. The molecule has 3 N–H and O–H groups in total. The van der Waals surface area contributed by atoms with E-state index in [9.17, 15) is 9.59 Å². The molecule has 116 valence electrons. The monoisotopic (exact) mass is 321 g/mol. The number of urea groups is 1. The number of halogens is 1. The number of aromatic amines is 1. The van der Waals surface area contributed by atoms with Crippen LogP contribution in [0.15, 0.2) is 29.2 Å². The number of hydrogen-bond acceptors (Lipinski definition) is 3. The number of hydrogen-bond donors (Lipinski definition) is 3. The molecule has 1 aliphatic heterocycles. The van der Waals surface area contributed by atoms with E-state index in [0.717, 1.165) is 19.4 Å². The summed E-state index contributed by atoms with van der Waals surface area (Å²) in [6.45, 7) is 1.17. The first kappa shape index (κ1) is 14.9. The zero-order valence-electron chi connectivity index (χ0n) is 11.8. The molecule has 2 amide bonds. The summed E-state index contributed by atoms with van der Waals surface area (Å²) >= 11 is 6.03. The highest BCUT2D eigenvalue weighted by Crippen LogP contribution is 2.19. The number of rotatable bonds is 3. The fourth-order valence-electron chi connectivity index (χ4n) is 2.49. The van der Waals surface area contributed by atoms with Crippen molar-refractivity contribution in [1.29, 1.82) is 0 Å². The van der Waals surface area contributed by atoms with E-state index in [2.05, 4.69) is 15.6 Å². The number of pyridine rings is 1. The van der Waals surface area contributed by atoms with Crippen LogP contribution in [0.4, 0.5) is 10.5 Å². The van der Waals surface area contributed by atoms with Crippen molar-refractivity contribution in [3.8, 4) is 0 Å². The molecule has 1 fully saturated rings. The summed E-state index contributed by atoms with van der Waals surface area (Å²) in [5, 5.41) is 6.16. The van der Waals surface area contributed by atoms with Crippen LogP contribution in [0.3, 0.4) is 0 Å². The number of benzene rings is 1. The third kappa shape index (κ3) is 3.08. The van der Waals surface area contributed by atoms with Crippen LogP contribution >= 0.6 is 11.6 Å². The van der Waals surface area contributed by atoms with Gasteiger partial charge in [0.25, 0.3) is 0 Å². The molecular weight excluding hydrogens is 306 g/mol. The number of anilines is 1. The SMILES string of the molecule is O=C(NC[C@@H]1CCCO1)Nc1c[nH]c2c(Cl)cccc2c1=O. The molecular formula is C15H16ClN3O3. The molecule has 1 aromatic heterocycles. The first-order chi connectivity index (χ1) is 10.6. The molecule has 0 unspecified atom stereocenters. The van der Waals surface area contributed by atoms with Gasteiger partial charge in [0.1, 0.15) is 5.69 Å². The first-order valence-corrected chi connectivity index (χ1v) is 7.49. The summed E-state index contributed by atoms with van der Waals surface area (Å²) in [7, 11) is 0. The van der Waals surface area contributed by atoms with Crippen LogP contribution in [-0.4, -0.2) is 30.3 Å². The molecule has 1 aliphatic rings. The number of amides is 2. The lowest BCUT2D eigenvalue weighted by molar-refractivity contribution is 0.112. The number of para-hydroxylation sites is 1. The van der Waals surface area contributed by atoms with Crippen LogP contribution in [0.25, 0.3) is 10.9 Å². The van der Waals surface area contributed by atoms with Crippen molar-refractivity contribution in [2.75, 3.05) is 18.5 Å². The van der Waals surface area contributed by atoms with E-state index in [-0.39, 0.29) is 17.2 Å². The smallest absolute Gasteiger partial charge is 0.319 e. The average molecular weight is 322 g/mol. The van der Waals surface area contributed by atoms with E-state index in [4.69, 9.17) is 16.3 Å². The molecule has 0 saturated carbocycles. The van der Waals surface area contributed by atoms with E-state index in [1.54, 1.807) is 18.2 Å². The Hall–Kier alpha value is -2.05. The minimum Gasteiger partial charge on any atom is -0.376 e. The van der Waals surface area contributed by atoms with Crippen LogP contribution in [0, 0.1) is 0 Å². The van der Waals surface area contributed by atoms with Gasteiger partial charge >= 0.3 is 6.03 Å². The second-order valence-electron chi connectivity index (χ2n) is 5.16. The Morgan fingerprint density at radius 3 is 3.09 bits per heavy atom. The van der Waals surface area contributed by atoms with E-state index in [0.29, 0.717) is 22.5 Å². The predicted molar refractivity (Wildman–Crippen MR) is 85.6 cm³/mol. The molecule has 2 heterocycles. The lowest BCUT2D eigenvalue weighted by atomic mass is 10.2. The van der Waals surface area contributed by atoms with Gasteiger partial charge < -0.3 is 20.4 Å².